The number of hydrogen-bond donors (Lipinski definition) is 4. The van der Waals surface area contributed by atoms with E-state index in [0.717, 1.165) is 25.9 Å². The highest BCUT2D eigenvalue weighted by Crippen LogP contribution is 2.25. The van der Waals surface area contributed by atoms with E-state index in [9.17, 15) is 14.7 Å². The first kappa shape index (κ1) is 14.3. The minimum atomic E-state index is -1.10. The predicted molar refractivity (Wildman–Crippen MR) is 73.9 cm³/mol. The Morgan fingerprint density at radius 2 is 2.20 bits per heavy atom. The smallest absolute Gasteiger partial charge is 0.335 e. The molecule has 1 aliphatic heterocycles. The quantitative estimate of drug-likeness (QED) is 0.624. The standard InChI is InChI=1S/C14H18N2O4/c17-12-4-3-10(14(19)20)7-11(12)16-13(18)6-9-2-1-5-15-8-9/h3-4,7,9,15,17H,1-2,5-6,8H2,(H,16,18)(H,19,20). The van der Waals surface area contributed by atoms with Gasteiger partial charge in [0.25, 0.3) is 0 Å². The van der Waals surface area contributed by atoms with Crippen LogP contribution in [-0.4, -0.2) is 35.2 Å². The first-order valence-corrected chi connectivity index (χ1v) is 6.63. The molecule has 1 aromatic carbocycles. The number of carbonyl (C=O) groups excluding carboxylic acids is 1. The molecule has 0 aromatic heterocycles. The topological polar surface area (TPSA) is 98.7 Å². The van der Waals surface area contributed by atoms with E-state index < -0.39 is 5.97 Å². The molecule has 1 aliphatic rings. The lowest BCUT2D eigenvalue weighted by Gasteiger charge is -2.22. The van der Waals surface area contributed by atoms with Crippen LogP contribution in [0.1, 0.15) is 29.6 Å². The summed E-state index contributed by atoms with van der Waals surface area (Å²) in [5, 5.41) is 24.3. The molecule has 1 fully saturated rings. The van der Waals surface area contributed by atoms with E-state index in [0.29, 0.717) is 6.42 Å². The van der Waals surface area contributed by atoms with E-state index in [2.05, 4.69) is 10.6 Å². The Morgan fingerprint density at radius 1 is 1.40 bits per heavy atom. The molecule has 1 aromatic rings. The summed E-state index contributed by atoms with van der Waals surface area (Å²) in [6, 6.07) is 3.81. The van der Waals surface area contributed by atoms with Crippen LogP contribution >= 0.6 is 0 Å². The Morgan fingerprint density at radius 3 is 2.85 bits per heavy atom. The Labute approximate surface area is 116 Å². The molecule has 0 radical (unpaired) electrons. The van der Waals surface area contributed by atoms with Crippen LogP contribution in [0.2, 0.25) is 0 Å². The Kier molecular flexibility index (Phi) is 4.57. The second-order valence-corrected chi connectivity index (χ2v) is 5.00. The van der Waals surface area contributed by atoms with Crippen LogP contribution in [0.3, 0.4) is 0 Å². The first-order chi connectivity index (χ1) is 9.56. The van der Waals surface area contributed by atoms with Crippen LogP contribution in [-0.2, 0) is 4.79 Å². The van der Waals surface area contributed by atoms with Gasteiger partial charge in [-0.05, 0) is 50.0 Å². The van der Waals surface area contributed by atoms with Gasteiger partial charge in [-0.3, -0.25) is 4.79 Å². The Bertz CT molecular complexity index is 510. The highest BCUT2D eigenvalue weighted by molar-refractivity contribution is 5.95. The molecule has 0 bridgehead atoms. The summed E-state index contributed by atoms with van der Waals surface area (Å²) < 4.78 is 0. The molecule has 6 heteroatoms. The van der Waals surface area contributed by atoms with Crippen molar-refractivity contribution < 1.29 is 19.8 Å². The second kappa shape index (κ2) is 6.38. The molecule has 0 spiro atoms. The van der Waals surface area contributed by atoms with Gasteiger partial charge in [0.05, 0.1) is 11.3 Å². The number of carboxylic acids is 1. The maximum absolute atomic E-state index is 11.9. The summed E-state index contributed by atoms with van der Waals surface area (Å²) in [4.78, 5) is 22.8. The Balaban J connectivity index is 1.99. The van der Waals surface area contributed by atoms with Crippen molar-refractivity contribution >= 4 is 17.6 Å². The van der Waals surface area contributed by atoms with Gasteiger partial charge in [-0.1, -0.05) is 0 Å². The SMILES string of the molecule is O=C(CC1CCCNC1)Nc1cc(C(=O)O)ccc1O. The summed E-state index contributed by atoms with van der Waals surface area (Å²) in [7, 11) is 0. The average molecular weight is 278 g/mol. The zero-order valence-electron chi connectivity index (χ0n) is 11.1. The molecule has 2 rings (SSSR count). The number of piperidine rings is 1. The largest absolute Gasteiger partial charge is 0.506 e. The maximum Gasteiger partial charge on any atom is 0.335 e. The minimum absolute atomic E-state index is 0.0254. The predicted octanol–water partition coefficient (Wildman–Crippen LogP) is 1.42. The fourth-order valence-electron chi connectivity index (χ4n) is 2.33. The third-order valence-corrected chi connectivity index (χ3v) is 3.39. The molecule has 4 N–H and O–H groups in total. The molecule has 1 atom stereocenters. The number of phenolic OH excluding ortho intramolecular Hbond substituents is 1. The molecule has 0 saturated carbocycles. The summed E-state index contributed by atoms with van der Waals surface area (Å²) >= 11 is 0. The molecule has 1 amide bonds. The van der Waals surface area contributed by atoms with Gasteiger partial charge < -0.3 is 20.8 Å². The summed E-state index contributed by atoms with van der Waals surface area (Å²) in [6.45, 7) is 1.80. The van der Waals surface area contributed by atoms with Gasteiger partial charge in [-0.25, -0.2) is 4.79 Å². The molecule has 0 aliphatic carbocycles. The second-order valence-electron chi connectivity index (χ2n) is 5.00. The lowest BCUT2D eigenvalue weighted by molar-refractivity contribution is -0.117. The highest BCUT2D eigenvalue weighted by atomic mass is 16.4. The average Bonchev–Trinajstić information content (AvgIpc) is 2.42. The van der Waals surface area contributed by atoms with Crippen molar-refractivity contribution in [3.63, 3.8) is 0 Å². The van der Waals surface area contributed by atoms with Crippen molar-refractivity contribution in [1.29, 1.82) is 0 Å². The van der Waals surface area contributed by atoms with E-state index in [1.807, 2.05) is 0 Å². The lowest BCUT2D eigenvalue weighted by atomic mass is 9.96. The number of amides is 1. The number of aromatic hydroxyl groups is 1. The normalized spacial score (nSPS) is 18.5. The molecule has 108 valence electrons. The number of aromatic carboxylic acids is 1. The third kappa shape index (κ3) is 3.71. The molecular formula is C14H18N2O4. The van der Waals surface area contributed by atoms with Gasteiger partial charge >= 0.3 is 5.97 Å². The van der Waals surface area contributed by atoms with E-state index >= 15 is 0 Å². The molecule has 1 unspecified atom stereocenters. The molecule has 1 saturated heterocycles. The van der Waals surface area contributed by atoms with E-state index in [-0.39, 0.29) is 28.8 Å². The van der Waals surface area contributed by atoms with Crippen molar-refractivity contribution in [2.45, 2.75) is 19.3 Å². The molecule has 20 heavy (non-hydrogen) atoms. The van der Waals surface area contributed by atoms with E-state index in [1.165, 1.54) is 18.2 Å². The van der Waals surface area contributed by atoms with Crippen molar-refractivity contribution in [2.24, 2.45) is 5.92 Å². The molecular weight excluding hydrogens is 260 g/mol. The highest BCUT2D eigenvalue weighted by Gasteiger charge is 2.18. The number of rotatable bonds is 4. The summed E-state index contributed by atoms with van der Waals surface area (Å²) in [5.41, 5.74) is 0.163. The number of carbonyl (C=O) groups is 2. The van der Waals surface area contributed by atoms with Crippen LogP contribution in [0, 0.1) is 5.92 Å². The summed E-state index contributed by atoms with van der Waals surface area (Å²) in [6.07, 6.45) is 2.42. The van der Waals surface area contributed by atoms with Crippen LogP contribution in [0.25, 0.3) is 0 Å². The van der Waals surface area contributed by atoms with Gasteiger partial charge in [0.1, 0.15) is 5.75 Å². The number of phenols is 1. The van der Waals surface area contributed by atoms with Crippen LogP contribution in [0.15, 0.2) is 18.2 Å². The van der Waals surface area contributed by atoms with Gasteiger partial charge in [-0.2, -0.15) is 0 Å². The number of carboxylic acid groups (broad SMARTS) is 1. The van der Waals surface area contributed by atoms with Crippen molar-refractivity contribution in [1.82, 2.24) is 5.32 Å². The zero-order valence-corrected chi connectivity index (χ0v) is 11.1. The van der Waals surface area contributed by atoms with Gasteiger partial charge in [0, 0.05) is 6.42 Å². The van der Waals surface area contributed by atoms with E-state index in [1.54, 1.807) is 0 Å². The molecule has 6 nitrogen and oxygen atoms in total. The maximum atomic E-state index is 11.9. The van der Waals surface area contributed by atoms with Crippen molar-refractivity contribution in [2.75, 3.05) is 18.4 Å². The van der Waals surface area contributed by atoms with Gasteiger partial charge in [0.2, 0.25) is 5.91 Å². The van der Waals surface area contributed by atoms with Crippen LogP contribution in [0.4, 0.5) is 5.69 Å². The third-order valence-electron chi connectivity index (χ3n) is 3.39. The first-order valence-electron chi connectivity index (χ1n) is 6.63. The van der Waals surface area contributed by atoms with Crippen molar-refractivity contribution in [3.05, 3.63) is 23.8 Å². The zero-order chi connectivity index (χ0) is 14.5. The number of anilines is 1. The minimum Gasteiger partial charge on any atom is -0.506 e. The molecule has 1 heterocycles. The van der Waals surface area contributed by atoms with Crippen LogP contribution in [0.5, 0.6) is 5.75 Å². The number of benzene rings is 1. The van der Waals surface area contributed by atoms with Crippen molar-refractivity contribution in [3.8, 4) is 5.75 Å². The monoisotopic (exact) mass is 278 g/mol. The number of hydrogen-bond acceptors (Lipinski definition) is 4. The summed E-state index contributed by atoms with van der Waals surface area (Å²) in [5.74, 6) is -1.16. The fraction of sp³-hybridized carbons (Fsp3) is 0.429. The van der Waals surface area contributed by atoms with E-state index in [4.69, 9.17) is 5.11 Å². The number of nitrogens with one attached hydrogen (secondary N) is 2. The van der Waals surface area contributed by atoms with Crippen LogP contribution < -0.4 is 10.6 Å². The van der Waals surface area contributed by atoms with Gasteiger partial charge in [-0.15, -0.1) is 0 Å². The Hall–Kier alpha value is -2.08. The lowest BCUT2D eigenvalue weighted by Crippen LogP contribution is -2.32. The fourth-order valence-corrected chi connectivity index (χ4v) is 2.33. The van der Waals surface area contributed by atoms with Gasteiger partial charge in [0.15, 0.2) is 0 Å².